The molecule has 4 aliphatic rings. The van der Waals surface area contributed by atoms with Gasteiger partial charge in [0, 0.05) is 55.7 Å². The minimum absolute atomic E-state index is 0.197. The second-order valence-corrected chi connectivity index (χ2v) is 12.4. The van der Waals surface area contributed by atoms with Crippen molar-refractivity contribution in [2.24, 2.45) is 0 Å². The van der Waals surface area contributed by atoms with Crippen LogP contribution in [0.15, 0.2) is 18.3 Å². The van der Waals surface area contributed by atoms with Crippen LogP contribution in [0, 0.1) is 6.92 Å². The van der Waals surface area contributed by atoms with Crippen LogP contribution in [0.25, 0.3) is 0 Å². The number of anilines is 3. The molecule has 10 heteroatoms. The summed E-state index contributed by atoms with van der Waals surface area (Å²) in [5, 5.41) is 3.59. The first-order chi connectivity index (χ1) is 19.2. The van der Waals surface area contributed by atoms with Gasteiger partial charge in [0.1, 0.15) is 18.0 Å². The molecule has 3 saturated heterocycles. The van der Waals surface area contributed by atoms with Gasteiger partial charge in [-0.3, -0.25) is 9.88 Å². The summed E-state index contributed by atoms with van der Waals surface area (Å²) in [6.07, 6.45) is 4.77. The highest BCUT2D eigenvalue weighted by Crippen LogP contribution is 2.41. The minimum atomic E-state index is -0.463. The topological polar surface area (TPSA) is 92.3 Å². The van der Waals surface area contributed by atoms with E-state index in [1.807, 2.05) is 38.8 Å². The SMILES string of the molecule is Cc1nc(C2CCN([C@H]3CCN(C(=O)OC(C)(C)C)C3)CC2)cc2c1OCc1c(N3CCOCC3)ccnc1N2. The zero-order valence-corrected chi connectivity index (χ0v) is 24.2. The van der Waals surface area contributed by atoms with E-state index in [9.17, 15) is 4.79 Å². The van der Waals surface area contributed by atoms with E-state index in [1.165, 1.54) is 0 Å². The molecule has 40 heavy (non-hydrogen) atoms. The zero-order valence-electron chi connectivity index (χ0n) is 24.2. The molecule has 1 atom stereocenters. The van der Waals surface area contributed by atoms with E-state index in [4.69, 9.17) is 19.2 Å². The number of morpholine rings is 1. The highest BCUT2D eigenvalue weighted by Gasteiger charge is 2.35. The number of aromatic nitrogens is 2. The number of carbonyl (C=O) groups is 1. The predicted molar refractivity (Wildman–Crippen MR) is 154 cm³/mol. The first-order valence-electron chi connectivity index (χ1n) is 14.7. The van der Waals surface area contributed by atoms with Crippen molar-refractivity contribution >= 4 is 23.3 Å². The van der Waals surface area contributed by atoms with Crippen LogP contribution in [0.3, 0.4) is 0 Å². The molecule has 1 amide bonds. The molecule has 0 radical (unpaired) electrons. The lowest BCUT2D eigenvalue weighted by molar-refractivity contribution is 0.0276. The summed E-state index contributed by atoms with van der Waals surface area (Å²) in [6, 6.07) is 4.64. The summed E-state index contributed by atoms with van der Waals surface area (Å²) >= 11 is 0. The number of rotatable bonds is 3. The number of hydrogen-bond acceptors (Lipinski definition) is 9. The average molecular weight is 551 g/mol. The van der Waals surface area contributed by atoms with Crippen LogP contribution in [-0.2, 0) is 16.1 Å². The Labute approximate surface area is 237 Å². The second kappa shape index (κ2) is 11.0. The molecule has 216 valence electrons. The fraction of sp³-hybridized carbons (Fsp3) is 0.633. The van der Waals surface area contributed by atoms with Crippen molar-refractivity contribution in [1.29, 1.82) is 0 Å². The quantitative estimate of drug-likeness (QED) is 0.595. The third-order valence-corrected chi connectivity index (χ3v) is 8.44. The Bertz CT molecular complexity index is 1230. The van der Waals surface area contributed by atoms with Crippen LogP contribution in [0.1, 0.15) is 62.9 Å². The van der Waals surface area contributed by atoms with Gasteiger partial charge in [0.05, 0.1) is 30.2 Å². The van der Waals surface area contributed by atoms with Crippen molar-refractivity contribution in [3.63, 3.8) is 0 Å². The lowest BCUT2D eigenvalue weighted by Crippen LogP contribution is -2.43. The monoisotopic (exact) mass is 550 g/mol. The molecule has 2 aromatic heterocycles. The number of pyridine rings is 2. The summed E-state index contributed by atoms with van der Waals surface area (Å²) in [5.41, 5.74) is 4.73. The molecule has 0 spiro atoms. The first-order valence-corrected chi connectivity index (χ1v) is 14.7. The van der Waals surface area contributed by atoms with Crippen molar-refractivity contribution < 1.29 is 19.0 Å². The smallest absolute Gasteiger partial charge is 0.410 e. The molecule has 2 aromatic rings. The van der Waals surface area contributed by atoms with Gasteiger partial charge < -0.3 is 29.3 Å². The molecule has 0 unspecified atom stereocenters. The number of aryl methyl sites for hydroxylation is 1. The van der Waals surface area contributed by atoms with E-state index in [0.29, 0.717) is 18.6 Å². The number of fused-ring (bicyclic) bond motifs is 2. The van der Waals surface area contributed by atoms with E-state index in [0.717, 1.165) is 112 Å². The Hall–Kier alpha value is -3.11. The Morgan fingerprint density at radius 2 is 1.88 bits per heavy atom. The van der Waals surface area contributed by atoms with Gasteiger partial charge >= 0.3 is 6.09 Å². The molecule has 10 nitrogen and oxygen atoms in total. The summed E-state index contributed by atoms with van der Waals surface area (Å²) < 4.78 is 17.5. The van der Waals surface area contributed by atoms with Crippen LogP contribution in [0.5, 0.6) is 5.75 Å². The molecule has 0 bridgehead atoms. The van der Waals surface area contributed by atoms with Crippen LogP contribution >= 0.6 is 0 Å². The van der Waals surface area contributed by atoms with Crippen molar-refractivity contribution in [3.05, 3.63) is 35.3 Å². The predicted octanol–water partition coefficient (Wildman–Crippen LogP) is 4.45. The number of carbonyl (C=O) groups excluding carboxylic acids is 1. The highest BCUT2D eigenvalue weighted by molar-refractivity contribution is 5.73. The standard InChI is InChI=1S/C30H42N6O4/c1-20-27-25(33-28-23(19-39-27)26(5-9-31-28)35-13-15-38-16-14-35)17-24(32-20)21-6-10-34(11-7-21)22-8-12-36(18-22)29(37)40-30(2,3)4/h5,9,17,21-22H,6-8,10-16,18-19H2,1-4H3,(H,31,33)/t22-/m0/s1. The number of amides is 1. The molecule has 3 fully saturated rings. The average Bonchev–Trinajstić information content (AvgIpc) is 3.35. The van der Waals surface area contributed by atoms with E-state index >= 15 is 0 Å². The molecule has 6 heterocycles. The maximum atomic E-state index is 12.5. The summed E-state index contributed by atoms with van der Waals surface area (Å²) in [7, 11) is 0. The molecule has 6 rings (SSSR count). The summed E-state index contributed by atoms with van der Waals surface area (Å²) in [4.78, 5) is 29.0. The van der Waals surface area contributed by atoms with Crippen molar-refractivity contribution in [2.45, 2.75) is 71.1 Å². The molecule has 4 aliphatic heterocycles. The molecular formula is C30H42N6O4. The van der Waals surface area contributed by atoms with Gasteiger partial charge in [-0.25, -0.2) is 9.78 Å². The number of piperidine rings is 1. The molecule has 0 aromatic carbocycles. The maximum absolute atomic E-state index is 12.5. The maximum Gasteiger partial charge on any atom is 0.410 e. The zero-order chi connectivity index (χ0) is 27.9. The fourth-order valence-corrected chi connectivity index (χ4v) is 6.37. The molecular weight excluding hydrogens is 508 g/mol. The Balaban J connectivity index is 1.12. The summed E-state index contributed by atoms with van der Waals surface area (Å²) in [6.45, 7) is 15.0. The van der Waals surface area contributed by atoms with Gasteiger partial charge in [-0.1, -0.05) is 0 Å². The van der Waals surface area contributed by atoms with Crippen LogP contribution in [0.2, 0.25) is 0 Å². The van der Waals surface area contributed by atoms with Crippen molar-refractivity contribution in [3.8, 4) is 5.75 Å². The number of nitrogens with one attached hydrogen (secondary N) is 1. The number of likely N-dealkylation sites (tertiary alicyclic amines) is 2. The van der Waals surface area contributed by atoms with E-state index in [1.54, 1.807) is 0 Å². The third kappa shape index (κ3) is 5.69. The van der Waals surface area contributed by atoms with Gasteiger partial charge in [-0.2, -0.15) is 0 Å². The molecule has 0 aliphatic carbocycles. The lowest BCUT2D eigenvalue weighted by atomic mass is 9.91. The van der Waals surface area contributed by atoms with Crippen LogP contribution in [0.4, 0.5) is 22.0 Å². The normalized spacial score (nSPS) is 22.1. The van der Waals surface area contributed by atoms with E-state index in [2.05, 4.69) is 32.2 Å². The van der Waals surface area contributed by atoms with Crippen molar-refractivity contribution in [1.82, 2.24) is 19.8 Å². The summed E-state index contributed by atoms with van der Waals surface area (Å²) in [5.74, 6) is 2.05. The van der Waals surface area contributed by atoms with Gasteiger partial charge in [0.15, 0.2) is 5.75 Å². The Morgan fingerprint density at radius 1 is 1.10 bits per heavy atom. The number of nitrogens with zero attached hydrogens (tertiary/aromatic N) is 5. The fourth-order valence-electron chi connectivity index (χ4n) is 6.37. The van der Waals surface area contributed by atoms with Gasteiger partial charge in [0.25, 0.3) is 0 Å². The first kappa shape index (κ1) is 27.1. The number of ether oxygens (including phenoxy) is 3. The van der Waals surface area contributed by atoms with Gasteiger partial charge in [-0.15, -0.1) is 0 Å². The van der Waals surface area contributed by atoms with Gasteiger partial charge in [-0.05, 0) is 72.2 Å². The highest BCUT2D eigenvalue weighted by atomic mass is 16.6. The van der Waals surface area contributed by atoms with Gasteiger partial charge in [0.2, 0.25) is 0 Å². The van der Waals surface area contributed by atoms with E-state index < -0.39 is 5.60 Å². The largest absolute Gasteiger partial charge is 0.485 e. The Kier molecular flexibility index (Phi) is 7.48. The molecule has 0 saturated carbocycles. The number of hydrogen-bond donors (Lipinski definition) is 1. The molecule has 1 N–H and O–H groups in total. The second-order valence-electron chi connectivity index (χ2n) is 12.4. The lowest BCUT2D eigenvalue weighted by Gasteiger charge is -2.36. The van der Waals surface area contributed by atoms with Crippen molar-refractivity contribution in [2.75, 3.05) is 62.7 Å². The van der Waals surface area contributed by atoms with E-state index in [-0.39, 0.29) is 6.09 Å². The van der Waals surface area contributed by atoms with Crippen LogP contribution in [-0.4, -0.2) is 90.0 Å². The van der Waals surface area contributed by atoms with Crippen LogP contribution < -0.4 is 15.0 Å². The minimum Gasteiger partial charge on any atom is -0.485 e. The third-order valence-electron chi connectivity index (χ3n) is 8.44. The Morgan fingerprint density at radius 3 is 2.62 bits per heavy atom.